The van der Waals surface area contributed by atoms with Gasteiger partial charge in [-0.15, -0.1) is 0 Å². The molecule has 0 bridgehead atoms. The molecule has 6 nitrogen and oxygen atoms in total. The molecule has 0 saturated carbocycles. The van der Waals surface area contributed by atoms with Crippen molar-refractivity contribution in [3.8, 4) is 5.75 Å². The highest BCUT2D eigenvalue weighted by atomic mass is 16.6. The highest BCUT2D eigenvalue weighted by Gasteiger charge is 2.27. The van der Waals surface area contributed by atoms with Crippen molar-refractivity contribution in [2.45, 2.75) is 45.1 Å². The van der Waals surface area contributed by atoms with Crippen molar-refractivity contribution in [1.82, 2.24) is 4.90 Å². The minimum atomic E-state index is -0.562. The van der Waals surface area contributed by atoms with E-state index in [0.29, 0.717) is 18.7 Å². The molecule has 0 unspecified atom stereocenters. The first kappa shape index (κ1) is 17.1. The average Bonchev–Trinajstić information content (AvgIpc) is 2.45. The molecule has 1 aliphatic heterocycles. The highest BCUT2D eigenvalue weighted by Crippen LogP contribution is 2.31. The van der Waals surface area contributed by atoms with E-state index >= 15 is 0 Å². The third kappa shape index (κ3) is 4.61. The van der Waals surface area contributed by atoms with E-state index in [9.17, 15) is 14.7 Å². The molecule has 1 aromatic rings. The molecule has 0 aromatic heterocycles. The van der Waals surface area contributed by atoms with Gasteiger partial charge in [0, 0.05) is 18.7 Å². The van der Waals surface area contributed by atoms with Gasteiger partial charge in [0.15, 0.2) is 0 Å². The maximum Gasteiger partial charge on any atom is 0.410 e. The summed E-state index contributed by atoms with van der Waals surface area (Å²) in [5.41, 5.74) is 5.96. The van der Waals surface area contributed by atoms with Gasteiger partial charge in [-0.1, -0.05) is 0 Å². The van der Waals surface area contributed by atoms with Crippen LogP contribution in [0.15, 0.2) is 18.2 Å². The summed E-state index contributed by atoms with van der Waals surface area (Å²) in [4.78, 5) is 25.1. The molecule has 6 heteroatoms. The van der Waals surface area contributed by atoms with Gasteiger partial charge in [-0.2, -0.15) is 0 Å². The number of hydrogen-bond donors (Lipinski definition) is 2. The van der Waals surface area contributed by atoms with E-state index in [1.54, 1.807) is 17.0 Å². The van der Waals surface area contributed by atoms with E-state index in [-0.39, 0.29) is 17.8 Å². The first-order valence-electron chi connectivity index (χ1n) is 7.77. The number of carbonyl (C=O) groups excluding carboxylic acids is 2. The molecule has 1 aromatic carbocycles. The summed E-state index contributed by atoms with van der Waals surface area (Å²) in [5, 5.41) is 9.75. The van der Waals surface area contributed by atoms with Gasteiger partial charge in [0.05, 0.1) is 0 Å². The number of piperidine rings is 1. The fourth-order valence-corrected chi connectivity index (χ4v) is 2.73. The number of benzene rings is 1. The zero-order valence-electron chi connectivity index (χ0n) is 13.8. The second-order valence-corrected chi connectivity index (χ2v) is 6.92. The number of carbonyl (C=O) groups is 2. The summed E-state index contributed by atoms with van der Waals surface area (Å²) in [7, 11) is 0. The molecule has 3 N–H and O–H groups in total. The van der Waals surface area contributed by atoms with Gasteiger partial charge in [0.1, 0.15) is 11.4 Å². The molecule has 126 valence electrons. The van der Waals surface area contributed by atoms with Crippen molar-refractivity contribution >= 4 is 12.0 Å². The van der Waals surface area contributed by atoms with Crippen LogP contribution < -0.4 is 5.73 Å². The fourth-order valence-electron chi connectivity index (χ4n) is 2.73. The Hall–Kier alpha value is -2.24. The predicted octanol–water partition coefficient (Wildman–Crippen LogP) is 2.61. The minimum absolute atomic E-state index is 0.0332. The number of phenols is 1. The number of likely N-dealkylation sites (tertiary alicyclic amines) is 1. The third-order valence-corrected chi connectivity index (χ3v) is 3.84. The monoisotopic (exact) mass is 320 g/mol. The second kappa shape index (κ2) is 6.48. The van der Waals surface area contributed by atoms with Crippen LogP contribution in [0.5, 0.6) is 5.75 Å². The van der Waals surface area contributed by atoms with Crippen LogP contribution in [0.3, 0.4) is 0 Å². The van der Waals surface area contributed by atoms with Gasteiger partial charge in [0.2, 0.25) is 5.91 Å². The Labute approximate surface area is 136 Å². The zero-order chi connectivity index (χ0) is 17.2. The zero-order valence-corrected chi connectivity index (χ0v) is 13.8. The van der Waals surface area contributed by atoms with Crippen molar-refractivity contribution in [3.05, 3.63) is 29.3 Å². The van der Waals surface area contributed by atoms with E-state index in [1.165, 1.54) is 6.07 Å². The summed E-state index contributed by atoms with van der Waals surface area (Å²) in [6.45, 7) is 6.70. The molecule has 1 fully saturated rings. The molecule has 1 heterocycles. The SMILES string of the molecule is CC(C)(C)OC(=O)N1CCC(c2cc(O)cc(C(N)=O)c2)CC1. The van der Waals surface area contributed by atoms with Gasteiger partial charge in [-0.25, -0.2) is 4.79 Å². The van der Waals surface area contributed by atoms with Crippen molar-refractivity contribution in [2.24, 2.45) is 5.73 Å². The molecule has 0 atom stereocenters. The van der Waals surface area contributed by atoms with Crippen LogP contribution in [0, 0.1) is 0 Å². The summed E-state index contributed by atoms with van der Waals surface area (Å²) in [5.74, 6) is -0.349. The van der Waals surface area contributed by atoms with Gasteiger partial charge in [0.25, 0.3) is 0 Å². The lowest BCUT2D eigenvalue weighted by atomic mass is 9.88. The Balaban J connectivity index is 2.02. The Bertz CT molecular complexity index is 599. The normalized spacial score (nSPS) is 16.2. The van der Waals surface area contributed by atoms with Crippen molar-refractivity contribution in [1.29, 1.82) is 0 Å². The Kier molecular flexibility index (Phi) is 4.82. The summed E-state index contributed by atoms with van der Waals surface area (Å²) < 4.78 is 5.37. The first-order valence-corrected chi connectivity index (χ1v) is 7.77. The van der Waals surface area contributed by atoms with Crippen LogP contribution in [0.25, 0.3) is 0 Å². The number of hydrogen-bond acceptors (Lipinski definition) is 4. The third-order valence-electron chi connectivity index (χ3n) is 3.84. The van der Waals surface area contributed by atoms with E-state index in [2.05, 4.69) is 0 Å². The number of nitrogens with two attached hydrogens (primary N) is 1. The summed E-state index contributed by atoms with van der Waals surface area (Å²) in [6.07, 6.45) is 1.20. The van der Waals surface area contributed by atoms with E-state index in [4.69, 9.17) is 10.5 Å². The van der Waals surface area contributed by atoms with Crippen LogP contribution >= 0.6 is 0 Å². The summed E-state index contributed by atoms with van der Waals surface area (Å²) in [6, 6.07) is 4.73. The molecular formula is C17H24N2O4. The molecule has 23 heavy (non-hydrogen) atoms. The molecule has 0 spiro atoms. The molecule has 1 saturated heterocycles. The maximum absolute atomic E-state index is 12.1. The quantitative estimate of drug-likeness (QED) is 0.876. The largest absolute Gasteiger partial charge is 0.508 e. The first-order chi connectivity index (χ1) is 10.7. The molecule has 2 rings (SSSR count). The van der Waals surface area contributed by atoms with Gasteiger partial charge in [-0.3, -0.25) is 4.79 Å². The molecular weight excluding hydrogens is 296 g/mol. The average molecular weight is 320 g/mol. The topological polar surface area (TPSA) is 92.9 Å². The molecule has 0 radical (unpaired) electrons. The van der Waals surface area contributed by atoms with Gasteiger partial charge >= 0.3 is 6.09 Å². The number of primary amides is 1. The Morgan fingerprint density at radius 3 is 2.35 bits per heavy atom. The van der Waals surface area contributed by atoms with Crippen LogP contribution in [-0.2, 0) is 4.74 Å². The maximum atomic E-state index is 12.1. The predicted molar refractivity (Wildman–Crippen MR) is 86.4 cm³/mol. The van der Waals surface area contributed by atoms with Crippen LogP contribution in [0.1, 0.15) is 55.5 Å². The second-order valence-electron chi connectivity index (χ2n) is 6.92. The van der Waals surface area contributed by atoms with E-state index in [1.807, 2.05) is 20.8 Å². The lowest BCUT2D eigenvalue weighted by Crippen LogP contribution is -2.41. The van der Waals surface area contributed by atoms with Gasteiger partial charge in [-0.05, 0) is 63.3 Å². The smallest absolute Gasteiger partial charge is 0.410 e. The highest BCUT2D eigenvalue weighted by molar-refractivity contribution is 5.93. The number of aromatic hydroxyl groups is 1. The lowest BCUT2D eigenvalue weighted by Gasteiger charge is -2.33. The van der Waals surface area contributed by atoms with Crippen LogP contribution in [0.2, 0.25) is 0 Å². The fraction of sp³-hybridized carbons (Fsp3) is 0.529. The number of rotatable bonds is 2. The molecule has 1 aliphatic rings. The van der Waals surface area contributed by atoms with Crippen LogP contribution in [0.4, 0.5) is 4.79 Å². The number of amides is 2. The van der Waals surface area contributed by atoms with Gasteiger partial charge < -0.3 is 20.5 Å². The standard InChI is InChI=1S/C17H24N2O4/c1-17(2,3)23-16(22)19-6-4-11(5-7-19)12-8-13(15(18)21)10-14(20)9-12/h8-11,20H,4-7H2,1-3H3,(H2,18,21). The van der Waals surface area contributed by atoms with E-state index < -0.39 is 11.5 Å². The molecule has 2 amide bonds. The van der Waals surface area contributed by atoms with Crippen molar-refractivity contribution in [2.75, 3.05) is 13.1 Å². The molecule has 0 aliphatic carbocycles. The number of nitrogens with zero attached hydrogens (tertiary/aromatic N) is 1. The number of ether oxygens (including phenoxy) is 1. The van der Waals surface area contributed by atoms with Crippen molar-refractivity contribution < 1.29 is 19.4 Å². The van der Waals surface area contributed by atoms with Crippen molar-refractivity contribution in [3.63, 3.8) is 0 Å². The minimum Gasteiger partial charge on any atom is -0.508 e. The Morgan fingerprint density at radius 2 is 1.83 bits per heavy atom. The lowest BCUT2D eigenvalue weighted by molar-refractivity contribution is 0.0204. The Morgan fingerprint density at radius 1 is 1.22 bits per heavy atom. The summed E-state index contributed by atoms with van der Waals surface area (Å²) >= 11 is 0. The van der Waals surface area contributed by atoms with E-state index in [0.717, 1.165) is 18.4 Å². The van der Waals surface area contributed by atoms with Crippen LogP contribution in [-0.4, -0.2) is 40.7 Å². The number of phenolic OH excluding ortho intramolecular Hbond substituents is 1.